The lowest BCUT2D eigenvalue weighted by Crippen LogP contribution is -2.32. The van der Waals surface area contributed by atoms with E-state index in [-0.39, 0.29) is 17.1 Å². The monoisotopic (exact) mass is 450 g/mol. The number of carbonyl (C=O) groups is 1. The van der Waals surface area contributed by atoms with Crippen LogP contribution < -0.4 is 14.9 Å². The fourth-order valence-electron chi connectivity index (χ4n) is 4.29. The van der Waals surface area contributed by atoms with E-state index < -0.39 is 6.04 Å². The van der Waals surface area contributed by atoms with E-state index in [0.717, 1.165) is 24.9 Å². The van der Waals surface area contributed by atoms with E-state index >= 15 is 0 Å². The largest absolute Gasteiger partial charge is 0.493 e. The molecule has 7 nitrogen and oxygen atoms in total. The SMILES string of the molecule is CCCOc1ccc(C2c3c(oc4ccccc4c3=O)C(=O)N2CCCN(C)C)cc1OC. The highest BCUT2D eigenvalue weighted by atomic mass is 16.5. The van der Waals surface area contributed by atoms with E-state index in [0.29, 0.717) is 41.2 Å². The fourth-order valence-corrected chi connectivity index (χ4v) is 4.29. The Morgan fingerprint density at radius 2 is 1.88 bits per heavy atom. The minimum absolute atomic E-state index is 0.124. The lowest BCUT2D eigenvalue weighted by Gasteiger charge is -2.26. The normalized spacial score (nSPS) is 15.4. The van der Waals surface area contributed by atoms with E-state index in [9.17, 15) is 9.59 Å². The summed E-state index contributed by atoms with van der Waals surface area (Å²) in [6.07, 6.45) is 1.65. The van der Waals surface area contributed by atoms with Crippen molar-refractivity contribution in [1.29, 1.82) is 0 Å². The molecule has 0 saturated carbocycles. The number of carbonyl (C=O) groups excluding carboxylic acids is 1. The molecule has 7 heteroatoms. The van der Waals surface area contributed by atoms with Crippen molar-refractivity contribution in [1.82, 2.24) is 9.80 Å². The molecule has 0 fully saturated rings. The third-order valence-electron chi connectivity index (χ3n) is 5.84. The molecule has 1 aromatic heterocycles. The average molecular weight is 451 g/mol. The van der Waals surface area contributed by atoms with E-state index in [1.807, 2.05) is 39.2 Å². The molecule has 1 aliphatic heterocycles. The van der Waals surface area contributed by atoms with E-state index in [1.165, 1.54) is 0 Å². The molecule has 174 valence electrons. The fraction of sp³-hybridized carbons (Fsp3) is 0.385. The van der Waals surface area contributed by atoms with Crippen LogP contribution in [-0.2, 0) is 0 Å². The lowest BCUT2D eigenvalue weighted by molar-refractivity contribution is 0.0722. The van der Waals surface area contributed by atoms with Gasteiger partial charge in [0.1, 0.15) is 5.58 Å². The Balaban J connectivity index is 1.84. The Morgan fingerprint density at radius 3 is 2.61 bits per heavy atom. The van der Waals surface area contributed by atoms with Gasteiger partial charge in [-0.2, -0.15) is 0 Å². The van der Waals surface area contributed by atoms with Crippen LogP contribution >= 0.6 is 0 Å². The number of hydrogen-bond acceptors (Lipinski definition) is 6. The van der Waals surface area contributed by atoms with Gasteiger partial charge in [0.05, 0.1) is 30.7 Å². The third-order valence-corrected chi connectivity index (χ3v) is 5.84. The highest BCUT2D eigenvalue weighted by molar-refractivity contribution is 5.99. The molecule has 0 bridgehead atoms. The van der Waals surface area contributed by atoms with Crippen molar-refractivity contribution >= 4 is 16.9 Å². The second-order valence-corrected chi connectivity index (χ2v) is 8.49. The van der Waals surface area contributed by atoms with Crippen LogP contribution in [0.15, 0.2) is 51.7 Å². The number of hydrogen-bond donors (Lipinski definition) is 0. The van der Waals surface area contributed by atoms with Gasteiger partial charge in [-0.3, -0.25) is 9.59 Å². The minimum Gasteiger partial charge on any atom is -0.493 e. The van der Waals surface area contributed by atoms with Gasteiger partial charge in [-0.25, -0.2) is 0 Å². The summed E-state index contributed by atoms with van der Waals surface area (Å²) in [4.78, 5) is 30.8. The third kappa shape index (κ3) is 4.33. The average Bonchev–Trinajstić information content (AvgIpc) is 3.09. The van der Waals surface area contributed by atoms with Crippen molar-refractivity contribution in [3.05, 3.63) is 69.6 Å². The maximum Gasteiger partial charge on any atom is 0.290 e. The second-order valence-electron chi connectivity index (χ2n) is 8.49. The molecule has 2 aromatic carbocycles. The number of ether oxygens (including phenoxy) is 2. The number of amides is 1. The predicted molar refractivity (Wildman–Crippen MR) is 127 cm³/mol. The van der Waals surface area contributed by atoms with Gasteiger partial charge in [0.15, 0.2) is 16.9 Å². The number of nitrogens with zero attached hydrogens (tertiary/aromatic N) is 2. The zero-order chi connectivity index (χ0) is 23.5. The summed E-state index contributed by atoms with van der Waals surface area (Å²) in [5, 5.41) is 0.471. The molecule has 2 heterocycles. The molecule has 1 aliphatic rings. The van der Waals surface area contributed by atoms with Crippen molar-refractivity contribution in [2.45, 2.75) is 25.8 Å². The molecule has 3 aromatic rings. The standard InChI is InChI=1S/C26H30N2O5/c1-5-15-32-20-12-11-17(16-21(20)31-4)23-22-24(29)18-9-6-7-10-19(18)33-25(22)26(30)28(23)14-8-13-27(2)3/h6-7,9-12,16,23H,5,8,13-15H2,1-4H3. The van der Waals surface area contributed by atoms with E-state index in [2.05, 4.69) is 4.90 Å². The maximum atomic E-state index is 13.5. The van der Waals surface area contributed by atoms with Crippen LogP contribution in [0.5, 0.6) is 11.5 Å². The Kier molecular flexibility index (Phi) is 6.70. The predicted octanol–water partition coefficient (Wildman–Crippen LogP) is 4.09. The zero-order valence-corrected chi connectivity index (χ0v) is 19.6. The first kappa shape index (κ1) is 22.9. The summed E-state index contributed by atoms with van der Waals surface area (Å²) in [5.74, 6) is 1.07. The Labute approximate surface area is 193 Å². The molecule has 0 spiro atoms. The number of para-hydroxylation sites is 1. The number of fused-ring (bicyclic) bond motifs is 2. The van der Waals surface area contributed by atoms with Crippen LogP contribution in [0.4, 0.5) is 0 Å². The summed E-state index contributed by atoms with van der Waals surface area (Å²) < 4.78 is 17.3. The van der Waals surface area contributed by atoms with Gasteiger partial charge in [0, 0.05) is 6.54 Å². The van der Waals surface area contributed by atoms with Crippen LogP contribution in [0.1, 0.15) is 47.5 Å². The number of methoxy groups -OCH3 is 1. The highest BCUT2D eigenvalue weighted by Crippen LogP contribution is 2.41. The maximum absolute atomic E-state index is 13.5. The Hall–Kier alpha value is -3.32. The van der Waals surface area contributed by atoms with Crippen molar-refractivity contribution in [3.8, 4) is 11.5 Å². The number of rotatable bonds is 9. The molecular weight excluding hydrogens is 420 g/mol. The topological polar surface area (TPSA) is 72.2 Å². The Morgan fingerprint density at radius 1 is 1.09 bits per heavy atom. The molecule has 1 atom stereocenters. The van der Waals surface area contributed by atoms with Gasteiger partial charge in [0.2, 0.25) is 5.76 Å². The smallest absolute Gasteiger partial charge is 0.290 e. The molecule has 0 N–H and O–H groups in total. The first-order valence-corrected chi connectivity index (χ1v) is 11.3. The van der Waals surface area contributed by atoms with E-state index in [4.69, 9.17) is 13.9 Å². The van der Waals surface area contributed by atoms with Gasteiger partial charge in [-0.05, 0) is 63.3 Å². The van der Waals surface area contributed by atoms with Gasteiger partial charge in [0.25, 0.3) is 5.91 Å². The molecule has 0 aliphatic carbocycles. The molecule has 1 unspecified atom stereocenters. The van der Waals surface area contributed by atoms with Crippen molar-refractivity contribution < 1.29 is 18.7 Å². The van der Waals surface area contributed by atoms with Gasteiger partial charge in [-0.1, -0.05) is 25.1 Å². The van der Waals surface area contributed by atoms with Crippen LogP contribution in [0.25, 0.3) is 11.0 Å². The first-order chi connectivity index (χ1) is 16.0. The molecule has 0 saturated heterocycles. The van der Waals surface area contributed by atoms with Crippen LogP contribution in [0, 0.1) is 0 Å². The molecule has 0 radical (unpaired) electrons. The van der Waals surface area contributed by atoms with Crippen LogP contribution in [-0.4, -0.2) is 56.6 Å². The molecular formula is C26H30N2O5. The van der Waals surface area contributed by atoms with Gasteiger partial charge in [-0.15, -0.1) is 0 Å². The van der Waals surface area contributed by atoms with Crippen molar-refractivity contribution in [3.63, 3.8) is 0 Å². The molecule has 33 heavy (non-hydrogen) atoms. The minimum atomic E-state index is -0.551. The summed E-state index contributed by atoms with van der Waals surface area (Å²) in [6, 6.07) is 12.1. The lowest BCUT2D eigenvalue weighted by atomic mass is 9.98. The summed E-state index contributed by atoms with van der Waals surface area (Å²) >= 11 is 0. The molecule has 4 rings (SSSR count). The van der Waals surface area contributed by atoms with Crippen molar-refractivity contribution in [2.24, 2.45) is 0 Å². The highest BCUT2D eigenvalue weighted by Gasteiger charge is 2.42. The van der Waals surface area contributed by atoms with Crippen LogP contribution in [0.3, 0.4) is 0 Å². The van der Waals surface area contributed by atoms with Gasteiger partial charge >= 0.3 is 0 Å². The van der Waals surface area contributed by atoms with Crippen LogP contribution in [0.2, 0.25) is 0 Å². The number of benzene rings is 2. The summed E-state index contributed by atoms with van der Waals surface area (Å²) in [5.41, 5.74) is 1.41. The van der Waals surface area contributed by atoms with E-state index in [1.54, 1.807) is 36.3 Å². The zero-order valence-electron chi connectivity index (χ0n) is 19.6. The quantitative estimate of drug-likeness (QED) is 0.489. The summed E-state index contributed by atoms with van der Waals surface area (Å²) in [6.45, 7) is 3.94. The molecule has 1 amide bonds. The van der Waals surface area contributed by atoms with Crippen molar-refractivity contribution in [2.75, 3.05) is 40.9 Å². The Bertz CT molecular complexity index is 1220. The van der Waals surface area contributed by atoms with Gasteiger partial charge < -0.3 is 23.7 Å². The first-order valence-electron chi connectivity index (χ1n) is 11.3. The summed E-state index contributed by atoms with van der Waals surface area (Å²) in [7, 11) is 5.58. The second kappa shape index (κ2) is 9.67.